The fraction of sp³-hybridized carbons (Fsp3) is 0.267. The summed E-state index contributed by atoms with van der Waals surface area (Å²) < 4.78 is 13.4. The van der Waals surface area contributed by atoms with Crippen LogP contribution in [0.15, 0.2) is 35.3 Å². The van der Waals surface area contributed by atoms with Gasteiger partial charge in [-0.1, -0.05) is 17.7 Å². The molecule has 0 spiro atoms. The number of carbonyl (C=O) groups excluding carboxylic acids is 2. The van der Waals surface area contributed by atoms with Crippen molar-refractivity contribution in [2.75, 3.05) is 6.67 Å². The van der Waals surface area contributed by atoms with Crippen LogP contribution in [0, 0.1) is 0 Å². The molecular formula is C15H14ClFN2O3. The molecule has 116 valence electrons. The van der Waals surface area contributed by atoms with Crippen molar-refractivity contribution < 1.29 is 14.0 Å². The molecule has 0 aliphatic carbocycles. The van der Waals surface area contributed by atoms with Gasteiger partial charge >= 0.3 is 0 Å². The third kappa shape index (κ3) is 3.51. The first-order valence-electron chi connectivity index (χ1n) is 6.59. The highest BCUT2D eigenvalue weighted by molar-refractivity contribution is 6.31. The largest absolute Gasteiger partial charge is 0.345 e. The molecule has 0 saturated carbocycles. The first-order chi connectivity index (χ1) is 10.4. The summed E-state index contributed by atoms with van der Waals surface area (Å²) in [6, 6.07) is 5.68. The molecule has 2 rings (SSSR count). The van der Waals surface area contributed by atoms with E-state index in [0.717, 1.165) is 0 Å². The molecule has 1 aromatic carbocycles. The number of alkyl halides is 1. The van der Waals surface area contributed by atoms with Crippen LogP contribution in [0.5, 0.6) is 0 Å². The van der Waals surface area contributed by atoms with Crippen molar-refractivity contribution >= 4 is 34.1 Å². The number of halogens is 2. The van der Waals surface area contributed by atoms with Crippen LogP contribution in [0.3, 0.4) is 0 Å². The zero-order valence-corrected chi connectivity index (χ0v) is 12.6. The van der Waals surface area contributed by atoms with Gasteiger partial charge in [-0.25, -0.2) is 4.39 Å². The van der Waals surface area contributed by atoms with Crippen molar-refractivity contribution in [1.82, 2.24) is 9.88 Å². The number of hydrogen-bond donors (Lipinski definition) is 1. The number of nitrogens with zero attached hydrogens (tertiary/aromatic N) is 1. The van der Waals surface area contributed by atoms with Crippen LogP contribution in [0.1, 0.15) is 6.92 Å². The summed E-state index contributed by atoms with van der Waals surface area (Å²) in [5, 5.41) is 3.89. The summed E-state index contributed by atoms with van der Waals surface area (Å²) in [4.78, 5) is 35.2. The molecule has 5 nitrogen and oxygen atoms in total. The van der Waals surface area contributed by atoms with Crippen LogP contribution >= 0.6 is 11.6 Å². The first kappa shape index (κ1) is 16.2. The number of fused-ring (bicyclic) bond motifs is 1. The van der Waals surface area contributed by atoms with Gasteiger partial charge in [-0.2, -0.15) is 0 Å². The number of rotatable bonds is 5. The molecule has 2 aromatic rings. The maximum absolute atomic E-state index is 12.3. The molecule has 1 unspecified atom stereocenters. The Morgan fingerprint density at radius 1 is 1.36 bits per heavy atom. The van der Waals surface area contributed by atoms with Gasteiger partial charge in [0.2, 0.25) is 5.91 Å². The Balaban J connectivity index is 2.21. The minimum Gasteiger partial charge on any atom is -0.345 e. The second kappa shape index (κ2) is 6.70. The van der Waals surface area contributed by atoms with E-state index in [1.165, 1.54) is 23.8 Å². The Morgan fingerprint density at radius 3 is 2.77 bits per heavy atom. The zero-order chi connectivity index (χ0) is 16.3. The van der Waals surface area contributed by atoms with Gasteiger partial charge < -0.3 is 9.88 Å². The minimum absolute atomic E-state index is 0.259. The second-order valence-electron chi connectivity index (χ2n) is 4.87. The molecule has 22 heavy (non-hydrogen) atoms. The molecule has 0 aliphatic heterocycles. The summed E-state index contributed by atoms with van der Waals surface area (Å²) in [5.41, 5.74) is -0.361. The molecule has 0 fully saturated rings. The molecule has 0 saturated heterocycles. The quantitative estimate of drug-likeness (QED) is 0.910. The standard InChI is InChI=1S/C15H14ClFN2O3/c1-9(13(20)7-17)18-14(21)8-19-5-4-10-2-3-11(16)6-12(10)15(19)22/h2-6,9H,7-8H2,1H3,(H,18,21). The normalized spacial score (nSPS) is 12.1. The summed E-state index contributed by atoms with van der Waals surface area (Å²) in [6.45, 7) is -0.0101. The van der Waals surface area contributed by atoms with E-state index in [2.05, 4.69) is 5.32 Å². The van der Waals surface area contributed by atoms with Crippen LogP contribution in [0.4, 0.5) is 4.39 Å². The average molecular weight is 325 g/mol. The molecule has 1 N–H and O–H groups in total. The van der Waals surface area contributed by atoms with Gasteiger partial charge in [-0.15, -0.1) is 0 Å². The number of hydrogen-bond acceptors (Lipinski definition) is 3. The topological polar surface area (TPSA) is 68.2 Å². The predicted octanol–water partition coefficient (Wildman–Crippen LogP) is 1.70. The number of Topliss-reactive ketones (excluding diaryl/α,β-unsaturated/α-hetero) is 1. The van der Waals surface area contributed by atoms with Crippen LogP contribution in [-0.4, -0.2) is 29.0 Å². The summed E-state index contributed by atoms with van der Waals surface area (Å²) in [6.07, 6.45) is 1.49. The number of aromatic nitrogens is 1. The number of benzene rings is 1. The van der Waals surface area contributed by atoms with Gasteiger partial charge in [-0.3, -0.25) is 14.4 Å². The molecule has 1 atom stereocenters. The molecule has 0 aliphatic rings. The Hall–Kier alpha value is -2.21. The molecule has 1 heterocycles. The van der Waals surface area contributed by atoms with Crippen molar-refractivity contribution in [3.05, 3.63) is 45.8 Å². The van der Waals surface area contributed by atoms with Crippen LogP contribution in [0.25, 0.3) is 10.8 Å². The van der Waals surface area contributed by atoms with Gasteiger partial charge in [0.15, 0.2) is 5.78 Å². The van der Waals surface area contributed by atoms with Gasteiger partial charge in [0.25, 0.3) is 5.56 Å². The molecular weight excluding hydrogens is 311 g/mol. The van der Waals surface area contributed by atoms with Crippen molar-refractivity contribution in [3.63, 3.8) is 0 Å². The lowest BCUT2D eigenvalue weighted by atomic mass is 10.2. The Morgan fingerprint density at radius 2 is 2.09 bits per heavy atom. The Bertz CT molecular complexity index is 788. The van der Waals surface area contributed by atoms with Crippen LogP contribution in [0.2, 0.25) is 5.02 Å². The van der Waals surface area contributed by atoms with Crippen molar-refractivity contribution in [1.29, 1.82) is 0 Å². The lowest BCUT2D eigenvalue weighted by molar-refractivity contribution is -0.128. The van der Waals surface area contributed by atoms with Crippen LogP contribution in [-0.2, 0) is 16.1 Å². The molecule has 0 bridgehead atoms. The van der Waals surface area contributed by atoms with Crippen molar-refractivity contribution in [2.24, 2.45) is 0 Å². The highest BCUT2D eigenvalue weighted by Crippen LogP contribution is 2.15. The number of carbonyl (C=O) groups is 2. The number of amides is 1. The van der Waals surface area contributed by atoms with Gasteiger partial charge in [0.05, 0.1) is 6.04 Å². The lowest BCUT2D eigenvalue weighted by Crippen LogP contribution is -2.42. The Kier molecular flexibility index (Phi) is 4.92. The zero-order valence-electron chi connectivity index (χ0n) is 11.8. The third-order valence-electron chi connectivity index (χ3n) is 3.25. The van der Waals surface area contributed by atoms with E-state index in [4.69, 9.17) is 11.6 Å². The number of nitrogens with one attached hydrogen (secondary N) is 1. The summed E-state index contributed by atoms with van der Waals surface area (Å²) >= 11 is 5.87. The van der Waals surface area contributed by atoms with E-state index in [9.17, 15) is 18.8 Å². The van der Waals surface area contributed by atoms with E-state index in [0.29, 0.717) is 15.8 Å². The molecule has 1 aromatic heterocycles. The Labute approximate surface area is 130 Å². The maximum Gasteiger partial charge on any atom is 0.258 e. The van der Waals surface area contributed by atoms with E-state index in [-0.39, 0.29) is 12.1 Å². The SMILES string of the molecule is CC(NC(=O)Cn1ccc2ccc(Cl)cc2c1=O)C(=O)CF. The average Bonchev–Trinajstić information content (AvgIpc) is 2.49. The third-order valence-corrected chi connectivity index (χ3v) is 3.48. The fourth-order valence-corrected chi connectivity index (χ4v) is 2.19. The maximum atomic E-state index is 12.3. The second-order valence-corrected chi connectivity index (χ2v) is 5.31. The van der Waals surface area contributed by atoms with Gasteiger partial charge in [0.1, 0.15) is 13.2 Å². The smallest absolute Gasteiger partial charge is 0.258 e. The summed E-state index contributed by atoms with van der Waals surface area (Å²) in [7, 11) is 0. The molecule has 1 amide bonds. The van der Waals surface area contributed by atoms with Gasteiger partial charge in [0, 0.05) is 16.6 Å². The van der Waals surface area contributed by atoms with Crippen molar-refractivity contribution in [3.8, 4) is 0 Å². The van der Waals surface area contributed by atoms with Crippen molar-refractivity contribution in [2.45, 2.75) is 19.5 Å². The van der Waals surface area contributed by atoms with E-state index in [1.807, 2.05) is 0 Å². The predicted molar refractivity (Wildman–Crippen MR) is 81.8 cm³/mol. The van der Waals surface area contributed by atoms with E-state index in [1.54, 1.807) is 18.2 Å². The monoisotopic (exact) mass is 324 g/mol. The first-order valence-corrected chi connectivity index (χ1v) is 6.97. The van der Waals surface area contributed by atoms with E-state index < -0.39 is 24.4 Å². The van der Waals surface area contributed by atoms with Crippen LogP contribution < -0.4 is 10.9 Å². The van der Waals surface area contributed by atoms with E-state index >= 15 is 0 Å². The number of pyridine rings is 1. The summed E-state index contributed by atoms with van der Waals surface area (Å²) in [5.74, 6) is -1.26. The minimum atomic E-state index is -1.14. The van der Waals surface area contributed by atoms with Gasteiger partial charge in [-0.05, 0) is 30.5 Å². The highest BCUT2D eigenvalue weighted by atomic mass is 35.5. The number of ketones is 1. The highest BCUT2D eigenvalue weighted by Gasteiger charge is 2.15. The lowest BCUT2D eigenvalue weighted by Gasteiger charge is -2.12. The molecule has 7 heteroatoms. The molecule has 0 radical (unpaired) electrons. The fourth-order valence-electron chi connectivity index (χ4n) is 2.01.